The van der Waals surface area contributed by atoms with Crippen LogP contribution in [0.5, 0.6) is 0 Å². The van der Waals surface area contributed by atoms with E-state index in [0.29, 0.717) is 31.4 Å². The zero-order valence-corrected chi connectivity index (χ0v) is 35.0. The van der Waals surface area contributed by atoms with E-state index in [-0.39, 0.29) is 72.1 Å². The van der Waals surface area contributed by atoms with Crippen molar-refractivity contribution in [3.8, 4) is 0 Å². The predicted octanol–water partition coefficient (Wildman–Crippen LogP) is 5.43. The Hall–Kier alpha value is -5.13. The highest BCUT2D eigenvalue weighted by atomic mass is 16.6. The first-order chi connectivity index (χ1) is 27.5. The number of alkyl carbamates (subject to hydrolysis) is 1. The third-order valence-electron chi connectivity index (χ3n) is 12.7. The molecule has 0 spiro atoms. The molecule has 1 aliphatic heterocycles. The number of likely N-dealkylation sites (N-methyl/N-ethyl adjacent to an activating group) is 1. The molecule has 1 saturated heterocycles. The SMILES string of the molecule is C=CCCC(CC(=O)[C@@H]1[C@@H]2[C@H](CN1C(=O)[C@@H](NC(=O)O[C@H](C)C(C)C)C1Cc3ccccc3C1)C2(C)C)C(=O)C(=O)CCC(=O)N[C@H](C(=O)N(C)C)c1ccccc1. The number of rotatable bonds is 19. The standard InChI is InChI=1S/C46H60N4O8/c1-9-10-16-32(42(54)35(51)21-22-37(53)47-39(43(55)49(7)8)29-17-12-11-13-18-29)25-36(52)41-38-34(46(38,5)6)26-50(41)44(56)40(48-45(57)58-28(4)27(2)3)33-23-30-19-14-15-20-31(30)24-33/h9,11-15,17-20,27-28,32-34,38-41H,1,10,16,21-26H2,2-8H3,(H,47,53)(H,48,57)/t28-,32?,34+,38+,39+,40+,41-/m1/s1. The second-order valence-electron chi connectivity index (χ2n) is 17.5. The van der Waals surface area contributed by atoms with Crippen molar-refractivity contribution in [2.75, 3.05) is 20.6 Å². The highest BCUT2D eigenvalue weighted by Gasteiger charge is 2.69. The van der Waals surface area contributed by atoms with Crippen LogP contribution in [0.15, 0.2) is 67.3 Å². The molecule has 2 fully saturated rings. The van der Waals surface area contributed by atoms with Gasteiger partial charge in [-0.25, -0.2) is 4.79 Å². The maximum atomic E-state index is 14.7. The van der Waals surface area contributed by atoms with Gasteiger partial charge < -0.3 is 25.2 Å². The normalized spacial score (nSPS) is 21.1. The van der Waals surface area contributed by atoms with Crippen LogP contribution in [0.2, 0.25) is 0 Å². The monoisotopic (exact) mass is 796 g/mol. The Bertz CT molecular complexity index is 1870. The third-order valence-corrected chi connectivity index (χ3v) is 12.7. The second kappa shape index (κ2) is 18.6. The van der Waals surface area contributed by atoms with Crippen LogP contribution in [0.1, 0.15) is 89.5 Å². The summed E-state index contributed by atoms with van der Waals surface area (Å²) in [6, 6.07) is 14.0. The topological polar surface area (TPSA) is 159 Å². The molecule has 58 heavy (non-hydrogen) atoms. The predicted molar refractivity (Wildman–Crippen MR) is 219 cm³/mol. The number of fused-ring (bicyclic) bond motifs is 2. The number of hydrogen-bond acceptors (Lipinski definition) is 8. The average molecular weight is 797 g/mol. The van der Waals surface area contributed by atoms with Gasteiger partial charge in [0.2, 0.25) is 23.5 Å². The number of piperidine rings is 1. The van der Waals surface area contributed by atoms with Gasteiger partial charge in [0.05, 0.1) is 6.04 Å². The molecule has 0 bridgehead atoms. The molecule has 2 aromatic rings. The van der Waals surface area contributed by atoms with Gasteiger partial charge >= 0.3 is 6.09 Å². The molecule has 0 radical (unpaired) electrons. The zero-order chi connectivity index (χ0) is 42.5. The van der Waals surface area contributed by atoms with E-state index in [4.69, 9.17) is 4.74 Å². The number of carbonyl (C=O) groups is 7. The van der Waals surface area contributed by atoms with Crippen LogP contribution >= 0.6 is 0 Å². The van der Waals surface area contributed by atoms with Gasteiger partial charge in [0.1, 0.15) is 18.2 Å². The van der Waals surface area contributed by atoms with Crippen LogP contribution in [0, 0.1) is 35.0 Å². The number of ketones is 3. The highest BCUT2D eigenvalue weighted by Crippen LogP contribution is 2.65. The van der Waals surface area contributed by atoms with E-state index in [2.05, 4.69) is 31.1 Å². The molecule has 12 heteroatoms. The first-order valence-corrected chi connectivity index (χ1v) is 20.6. The molecule has 3 aliphatic rings. The molecule has 1 unspecified atom stereocenters. The summed E-state index contributed by atoms with van der Waals surface area (Å²) in [5.74, 6) is -4.36. The summed E-state index contributed by atoms with van der Waals surface area (Å²) in [6.07, 6.45) is 1.30. The molecule has 1 saturated carbocycles. The summed E-state index contributed by atoms with van der Waals surface area (Å²) in [6.45, 7) is 13.9. The van der Waals surface area contributed by atoms with Crippen LogP contribution in [0.3, 0.4) is 0 Å². The smallest absolute Gasteiger partial charge is 0.408 e. The minimum atomic E-state index is -0.975. The summed E-state index contributed by atoms with van der Waals surface area (Å²) in [4.78, 5) is 98.6. The lowest BCUT2D eigenvalue weighted by Gasteiger charge is -2.35. The molecule has 4 amide bonds. The third kappa shape index (κ3) is 9.93. The number of benzene rings is 2. The summed E-state index contributed by atoms with van der Waals surface area (Å²) in [7, 11) is 3.16. The molecule has 312 valence electrons. The number of Topliss-reactive ketones (excluding diaryl/α,β-unsaturated/α-hetero) is 3. The van der Waals surface area contributed by atoms with E-state index in [1.807, 2.05) is 38.1 Å². The van der Waals surface area contributed by atoms with Crippen molar-refractivity contribution < 1.29 is 38.3 Å². The highest BCUT2D eigenvalue weighted by molar-refractivity contribution is 6.38. The molecule has 5 rings (SSSR count). The lowest BCUT2D eigenvalue weighted by Crippen LogP contribution is -2.57. The van der Waals surface area contributed by atoms with Crippen LogP contribution in [-0.4, -0.2) is 89.8 Å². The van der Waals surface area contributed by atoms with E-state index in [0.717, 1.165) is 11.1 Å². The molecule has 1 heterocycles. The Balaban J connectivity index is 1.30. The number of allylic oxidation sites excluding steroid dienone is 1. The summed E-state index contributed by atoms with van der Waals surface area (Å²) >= 11 is 0. The van der Waals surface area contributed by atoms with Gasteiger partial charge in [-0.05, 0) is 78.4 Å². The Kier molecular flexibility index (Phi) is 14.1. The largest absolute Gasteiger partial charge is 0.446 e. The fourth-order valence-corrected chi connectivity index (χ4v) is 8.75. The van der Waals surface area contributed by atoms with Gasteiger partial charge in [-0.3, -0.25) is 28.8 Å². The number of nitrogens with zero attached hydrogens (tertiary/aromatic N) is 2. The number of ether oxygens (including phenoxy) is 1. The number of amides is 4. The van der Waals surface area contributed by atoms with Crippen LogP contribution in [-0.2, 0) is 46.3 Å². The van der Waals surface area contributed by atoms with Crippen molar-refractivity contribution >= 4 is 41.2 Å². The molecule has 12 nitrogen and oxygen atoms in total. The fourth-order valence-electron chi connectivity index (χ4n) is 8.75. The van der Waals surface area contributed by atoms with Crippen molar-refractivity contribution in [2.45, 2.75) is 104 Å². The van der Waals surface area contributed by atoms with Crippen molar-refractivity contribution in [1.29, 1.82) is 0 Å². The lowest BCUT2D eigenvalue weighted by atomic mass is 9.85. The van der Waals surface area contributed by atoms with Gasteiger partial charge in [-0.15, -0.1) is 6.58 Å². The Labute approximate surface area is 342 Å². The maximum absolute atomic E-state index is 14.7. The van der Waals surface area contributed by atoms with Crippen molar-refractivity contribution in [3.63, 3.8) is 0 Å². The number of likely N-dealkylation sites (tertiary alicyclic amines) is 1. The summed E-state index contributed by atoms with van der Waals surface area (Å²) < 4.78 is 5.65. The van der Waals surface area contributed by atoms with E-state index in [1.165, 1.54) is 4.90 Å². The van der Waals surface area contributed by atoms with Gasteiger partial charge in [0.25, 0.3) is 0 Å². The van der Waals surface area contributed by atoms with Gasteiger partial charge in [0.15, 0.2) is 11.6 Å². The minimum Gasteiger partial charge on any atom is -0.446 e. The molecule has 2 N–H and O–H groups in total. The number of carbonyl (C=O) groups excluding carboxylic acids is 7. The quantitative estimate of drug-likeness (QED) is 0.141. The first-order valence-electron chi connectivity index (χ1n) is 20.6. The molecular formula is C46H60N4O8. The Morgan fingerprint density at radius 1 is 0.914 bits per heavy atom. The van der Waals surface area contributed by atoms with Gasteiger partial charge in [-0.2, -0.15) is 0 Å². The molecular weight excluding hydrogens is 737 g/mol. The average Bonchev–Trinajstić information content (AvgIpc) is 3.54. The zero-order valence-electron chi connectivity index (χ0n) is 35.0. The maximum Gasteiger partial charge on any atom is 0.408 e. The lowest BCUT2D eigenvalue weighted by molar-refractivity contribution is -0.144. The number of nitrogens with one attached hydrogen (secondary N) is 2. The van der Waals surface area contributed by atoms with E-state index in [1.54, 1.807) is 62.3 Å². The van der Waals surface area contributed by atoms with Crippen LogP contribution in [0.4, 0.5) is 4.79 Å². The first kappa shape index (κ1) is 44.0. The fraction of sp³-hybridized carbons (Fsp3) is 0.543. The van der Waals surface area contributed by atoms with E-state index < -0.39 is 54.0 Å². The number of hydrogen-bond donors (Lipinski definition) is 2. The molecule has 7 atom stereocenters. The Morgan fingerprint density at radius 2 is 1.53 bits per heavy atom. The minimum absolute atomic E-state index is 0.0568. The molecule has 0 aromatic heterocycles. The van der Waals surface area contributed by atoms with E-state index in [9.17, 15) is 33.6 Å². The van der Waals surface area contributed by atoms with Gasteiger partial charge in [0, 0.05) is 45.8 Å². The summed E-state index contributed by atoms with van der Waals surface area (Å²) in [5, 5.41) is 5.60. The Morgan fingerprint density at radius 3 is 2.12 bits per heavy atom. The van der Waals surface area contributed by atoms with Crippen molar-refractivity contribution in [2.24, 2.45) is 35.0 Å². The second-order valence-corrected chi connectivity index (χ2v) is 17.5. The van der Waals surface area contributed by atoms with Crippen LogP contribution < -0.4 is 10.6 Å². The summed E-state index contributed by atoms with van der Waals surface area (Å²) in [5.41, 5.74) is 2.58. The van der Waals surface area contributed by atoms with Crippen LogP contribution in [0.25, 0.3) is 0 Å². The van der Waals surface area contributed by atoms with E-state index >= 15 is 0 Å². The van der Waals surface area contributed by atoms with Crippen molar-refractivity contribution in [3.05, 3.63) is 83.9 Å². The molecule has 2 aromatic carbocycles. The van der Waals surface area contributed by atoms with Crippen molar-refractivity contribution in [1.82, 2.24) is 20.4 Å². The molecule has 2 aliphatic carbocycles. The van der Waals surface area contributed by atoms with Gasteiger partial charge in [-0.1, -0.05) is 88.4 Å².